The first kappa shape index (κ1) is 22.3. The Morgan fingerprint density at radius 2 is 2.07 bits per heavy atom. The van der Waals surface area contributed by atoms with Crippen LogP contribution < -0.4 is 14.8 Å². The maximum absolute atomic E-state index is 13.4. The van der Waals surface area contributed by atoms with Gasteiger partial charge in [-0.2, -0.15) is 5.26 Å². The molecule has 0 unspecified atom stereocenters. The Morgan fingerprint density at radius 3 is 2.69 bits per heavy atom. The van der Waals surface area contributed by atoms with Crippen LogP contribution in [-0.4, -0.2) is 18.6 Å². The smallest absolute Gasteiger partial charge is 0.262 e. The predicted molar refractivity (Wildman–Crippen MR) is 110 cm³/mol. The molecule has 1 amide bonds. The number of benzene rings is 2. The molecule has 0 saturated carbocycles. The SMILES string of the molecule is CCOc1cc(/C=C(/C#N)C(=O)NC(C)C)cc(Cl)c1OCc1cccc(F)c1. The van der Waals surface area contributed by atoms with Crippen LogP contribution in [0.1, 0.15) is 31.9 Å². The highest BCUT2D eigenvalue weighted by atomic mass is 35.5. The van der Waals surface area contributed by atoms with Crippen molar-refractivity contribution in [2.24, 2.45) is 0 Å². The summed E-state index contributed by atoms with van der Waals surface area (Å²) in [6.07, 6.45) is 1.43. The average Bonchev–Trinajstić information content (AvgIpc) is 2.65. The topological polar surface area (TPSA) is 71.3 Å². The summed E-state index contributed by atoms with van der Waals surface area (Å²) in [4.78, 5) is 12.1. The maximum atomic E-state index is 13.4. The van der Waals surface area contributed by atoms with E-state index in [1.165, 1.54) is 18.2 Å². The van der Waals surface area contributed by atoms with Gasteiger partial charge in [-0.25, -0.2) is 4.39 Å². The number of carbonyl (C=O) groups is 1. The second-order valence-corrected chi connectivity index (χ2v) is 6.89. The Labute approximate surface area is 174 Å². The van der Waals surface area contributed by atoms with E-state index in [0.29, 0.717) is 29.2 Å². The Balaban J connectivity index is 2.32. The quantitative estimate of drug-likeness (QED) is 0.491. The van der Waals surface area contributed by atoms with Crippen LogP contribution >= 0.6 is 11.6 Å². The molecule has 0 heterocycles. The van der Waals surface area contributed by atoms with Gasteiger partial charge in [-0.15, -0.1) is 0 Å². The third-order valence-corrected chi connectivity index (χ3v) is 3.98. The van der Waals surface area contributed by atoms with Crippen molar-refractivity contribution in [2.75, 3.05) is 6.61 Å². The number of ether oxygens (including phenoxy) is 2. The second-order valence-electron chi connectivity index (χ2n) is 6.48. The van der Waals surface area contributed by atoms with Crippen molar-refractivity contribution < 1.29 is 18.7 Å². The maximum Gasteiger partial charge on any atom is 0.262 e. The van der Waals surface area contributed by atoms with E-state index >= 15 is 0 Å². The minimum Gasteiger partial charge on any atom is -0.490 e. The summed E-state index contributed by atoms with van der Waals surface area (Å²) in [5, 5.41) is 12.2. The van der Waals surface area contributed by atoms with Crippen molar-refractivity contribution in [3.05, 3.63) is 63.9 Å². The lowest BCUT2D eigenvalue weighted by atomic mass is 10.1. The summed E-state index contributed by atoms with van der Waals surface area (Å²) in [7, 11) is 0. The number of hydrogen-bond donors (Lipinski definition) is 1. The Bertz CT molecular complexity index is 952. The van der Waals surface area contributed by atoms with Crippen molar-refractivity contribution in [3.8, 4) is 17.6 Å². The fourth-order valence-electron chi connectivity index (χ4n) is 2.51. The van der Waals surface area contributed by atoms with Gasteiger partial charge in [-0.3, -0.25) is 4.79 Å². The number of nitrogens with zero attached hydrogens (tertiary/aromatic N) is 1. The van der Waals surface area contributed by atoms with Crippen LogP contribution in [0.4, 0.5) is 4.39 Å². The molecule has 2 aromatic carbocycles. The van der Waals surface area contributed by atoms with Gasteiger partial charge in [0, 0.05) is 6.04 Å². The van der Waals surface area contributed by atoms with Crippen LogP contribution in [0.25, 0.3) is 6.08 Å². The van der Waals surface area contributed by atoms with Gasteiger partial charge >= 0.3 is 0 Å². The number of nitrogens with one attached hydrogen (secondary N) is 1. The van der Waals surface area contributed by atoms with E-state index in [1.807, 2.05) is 26.8 Å². The second kappa shape index (κ2) is 10.5. The molecule has 0 radical (unpaired) electrons. The minimum absolute atomic E-state index is 0.0503. The molecule has 152 valence electrons. The van der Waals surface area contributed by atoms with E-state index in [9.17, 15) is 14.4 Å². The summed E-state index contributed by atoms with van der Waals surface area (Å²) < 4.78 is 24.7. The first-order chi connectivity index (χ1) is 13.8. The van der Waals surface area contributed by atoms with Crippen molar-refractivity contribution in [1.82, 2.24) is 5.32 Å². The lowest BCUT2D eigenvalue weighted by molar-refractivity contribution is -0.117. The fraction of sp³-hybridized carbons (Fsp3) is 0.273. The number of amides is 1. The van der Waals surface area contributed by atoms with Crippen LogP contribution in [0.3, 0.4) is 0 Å². The third-order valence-electron chi connectivity index (χ3n) is 3.70. The molecule has 0 aliphatic carbocycles. The summed E-state index contributed by atoms with van der Waals surface area (Å²) in [5.74, 6) is -0.154. The van der Waals surface area contributed by atoms with Crippen molar-refractivity contribution in [2.45, 2.75) is 33.4 Å². The molecule has 1 N–H and O–H groups in total. The molecule has 2 rings (SSSR count). The van der Waals surface area contributed by atoms with Gasteiger partial charge in [0.2, 0.25) is 0 Å². The zero-order chi connectivity index (χ0) is 21.4. The van der Waals surface area contributed by atoms with Crippen molar-refractivity contribution in [3.63, 3.8) is 0 Å². The molecule has 29 heavy (non-hydrogen) atoms. The number of halogens is 2. The van der Waals surface area contributed by atoms with Gasteiger partial charge in [0.1, 0.15) is 24.1 Å². The first-order valence-corrected chi connectivity index (χ1v) is 9.48. The summed E-state index contributed by atoms with van der Waals surface area (Å²) in [6, 6.07) is 11.1. The Kier molecular flexibility index (Phi) is 8.05. The first-order valence-electron chi connectivity index (χ1n) is 9.10. The minimum atomic E-state index is -0.469. The number of hydrogen-bond acceptors (Lipinski definition) is 4. The largest absolute Gasteiger partial charge is 0.490 e. The number of nitriles is 1. The molecule has 5 nitrogen and oxygen atoms in total. The monoisotopic (exact) mass is 416 g/mol. The molecule has 0 aromatic heterocycles. The Hall–Kier alpha value is -3.04. The molecule has 0 aliphatic rings. The zero-order valence-corrected chi connectivity index (χ0v) is 17.2. The van der Waals surface area contributed by atoms with E-state index in [1.54, 1.807) is 24.3 Å². The molecular formula is C22H22ClFN2O3. The molecule has 7 heteroatoms. The van der Waals surface area contributed by atoms with E-state index in [0.717, 1.165) is 0 Å². The lowest BCUT2D eigenvalue weighted by Gasteiger charge is -2.15. The lowest BCUT2D eigenvalue weighted by Crippen LogP contribution is -2.30. The van der Waals surface area contributed by atoms with Gasteiger partial charge in [0.15, 0.2) is 11.5 Å². The van der Waals surface area contributed by atoms with Crippen LogP contribution in [0.15, 0.2) is 42.0 Å². The Morgan fingerprint density at radius 1 is 1.31 bits per heavy atom. The molecule has 0 fully saturated rings. The van der Waals surface area contributed by atoms with E-state index in [-0.39, 0.29) is 29.1 Å². The average molecular weight is 417 g/mol. The van der Waals surface area contributed by atoms with Crippen LogP contribution in [0.2, 0.25) is 5.02 Å². The summed E-state index contributed by atoms with van der Waals surface area (Å²) >= 11 is 6.37. The molecule has 0 atom stereocenters. The highest BCUT2D eigenvalue weighted by Gasteiger charge is 2.15. The van der Waals surface area contributed by atoms with Gasteiger partial charge in [-0.05, 0) is 62.2 Å². The molecule has 0 aliphatic heterocycles. The molecule has 2 aromatic rings. The van der Waals surface area contributed by atoms with E-state index < -0.39 is 5.91 Å². The normalized spacial score (nSPS) is 11.1. The van der Waals surface area contributed by atoms with Gasteiger partial charge < -0.3 is 14.8 Å². The van der Waals surface area contributed by atoms with Crippen molar-refractivity contribution >= 4 is 23.6 Å². The molecular weight excluding hydrogens is 395 g/mol. The van der Waals surface area contributed by atoms with Crippen LogP contribution in [-0.2, 0) is 11.4 Å². The summed E-state index contributed by atoms with van der Waals surface area (Å²) in [6.45, 7) is 5.89. The zero-order valence-electron chi connectivity index (χ0n) is 16.5. The van der Waals surface area contributed by atoms with Gasteiger partial charge in [-0.1, -0.05) is 23.7 Å². The molecule has 0 spiro atoms. The van der Waals surface area contributed by atoms with E-state index in [2.05, 4.69) is 5.32 Å². The molecule has 0 saturated heterocycles. The van der Waals surface area contributed by atoms with E-state index in [4.69, 9.17) is 21.1 Å². The van der Waals surface area contributed by atoms with Crippen LogP contribution in [0.5, 0.6) is 11.5 Å². The van der Waals surface area contributed by atoms with Crippen LogP contribution in [0, 0.1) is 17.1 Å². The van der Waals surface area contributed by atoms with Gasteiger partial charge in [0.05, 0.1) is 11.6 Å². The van der Waals surface area contributed by atoms with Gasteiger partial charge in [0.25, 0.3) is 5.91 Å². The number of carbonyl (C=O) groups excluding carboxylic acids is 1. The highest BCUT2D eigenvalue weighted by molar-refractivity contribution is 6.32. The highest BCUT2D eigenvalue weighted by Crippen LogP contribution is 2.38. The predicted octanol–water partition coefficient (Wildman–Crippen LogP) is 4.89. The standard InChI is InChI=1S/C22H22ClFN2O3/c1-4-28-20-11-16(8-17(12-25)22(27)26-14(2)3)10-19(23)21(20)29-13-15-6-5-7-18(24)9-15/h5-11,14H,4,13H2,1-3H3,(H,26,27)/b17-8-. The fourth-order valence-corrected chi connectivity index (χ4v) is 2.79. The van der Waals surface area contributed by atoms with Crippen molar-refractivity contribution in [1.29, 1.82) is 5.26 Å². The number of rotatable bonds is 8. The molecule has 0 bridgehead atoms. The third kappa shape index (κ3) is 6.51. The summed E-state index contributed by atoms with van der Waals surface area (Å²) in [5.41, 5.74) is 1.11.